The molecule has 25 heavy (non-hydrogen) atoms. The molecule has 1 atom stereocenters. The van der Waals surface area contributed by atoms with Gasteiger partial charge in [0.1, 0.15) is 5.82 Å². The van der Waals surface area contributed by atoms with Gasteiger partial charge in [-0.3, -0.25) is 14.6 Å². The fourth-order valence-corrected chi connectivity index (χ4v) is 3.06. The first kappa shape index (κ1) is 17.1. The van der Waals surface area contributed by atoms with Gasteiger partial charge in [0.2, 0.25) is 5.91 Å². The fourth-order valence-electron chi connectivity index (χ4n) is 3.06. The number of likely N-dealkylation sites (tertiary alicyclic amines) is 1. The molecule has 1 unspecified atom stereocenters. The highest BCUT2D eigenvalue weighted by Crippen LogP contribution is 2.26. The van der Waals surface area contributed by atoms with Crippen LogP contribution in [0.1, 0.15) is 34.7 Å². The smallest absolute Gasteiger partial charge is 0.251 e. The Morgan fingerprint density at radius 1 is 1.24 bits per heavy atom. The van der Waals surface area contributed by atoms with E-state index in [2.05, 4.69) is 10.3 Å². The lowest BCUT2D eigenvalue weighted by molar-refractivity contribution is -0.131. The van der Waals surface area contributed by atoms with Gasteiger partial charge in [-0.15, -0.1) is 0 Å². The van der Waals surface area contributed by atoms with E-state index in [0.717, 1.165) is 18.4 Å². The van der Waals surface area contributed by atoms with Crippen molar-refractivity contribution in [2.24, 2.45) is 0 Å². The summed E-state index contributed by atoms with van der Waals surface area (Å²) in [5.41, 5.74) is 1.47. The highest BCUT2D eigenvalue weighted by molar-refractivity contribution is 5.96. The largest absolute Gasteiger partial charge is 0.343 e. The van der Waals surface area contributed by atoms with Gasteiger partial charge in [-0.25, -0.2) is 4.39 Å². The van der Waals surface area contributed by atoms with Crippen LogP contribution in [0.15, 0.2) is 48.8 Å². The van der Waals surface area contributed by atoms with E-state index in [0.29, 0.717) is 18.7 Å². The minimum atomic E-state index is -0.401. The van der Waals surface area contributed by atoms with E-state index in [1.165, 1.54) is 24.3 Å². The Kier molecular flexibility index (Phi) is 5.38. The van der Waals surface area contributed by atoms with Crippen molar-refractivity contribution in [1.29, 1.82) is 0 Å². The molecule has 1 aromatic heterocycles. The van der Waals surface area contributed by atoms with Gasteiger partial charge in [0.25, 0.3) is 5.91 Å². The molecular weight excluding hydrogens is 321 g/mol. The summed E-state index contributed by atoms with van der Waals surface area (Å²) in [6, 6.07) is 9.17. The SMILES string of the molecule is O=C(NCC(=O)N1CCCC(c2cccnc2)C1)c1ccc(F)cc1. The Hall–Kier alpha value is -2.76. The van der Waals surface area contributed by atoms with Crippen molar-refractivity contribution < 1.29 is 14.0 Å². The summed E-state index contributed by atoms with van der Waals surface area (Å²) in [4.78, 5) is 30.3. The fraction of sp³-hybridized carbons (Fsp3) is 0.316. The van der Waals surface area contributed by atoms with E-state index in [9.17, 15) is 14.0 Å². The topological polar surface area (TPSA) is 62.3 Å². The Bertz CT molecular complexity index is 734. The zero-order chi connectivity index (χ0) is 17.6. The molecule has 5 nitrogen and oxygen atoms in total. The normalized spacial score (nSPS) is 17.2. The summed E-state index contributed by atoms with van der Waals surface area (Å²) >= 11 is 0. The number of carbonyl (C=O) groups excluding carboxylic acids is 2. The lowest BCUT2D eigenvalue weighted by Gasteiger charge is -2.33. The molecule has 3 rings (SSSR count). The lowest BCUT2D eigenvalue weighted by Crippen LogP contribution is -2.44. The van der Waals surface area contributed by atoms with Crippen LogP contribution in [0.4, 0.5) is 4.39 Å². The quantitative estimate of drug-likeness (QED) is 0.929. The molecule has 2 heterocycles. The highest BCUT2D eigenvalue weighted by Gasteiger charge is 2.25. The summed E-state index contributed by atoms with van der Waals surface area (Å²) in [7, 11) is 0. The average molecular weight is 341 g/mol. The molecule has 0 saturated carbocycles. The zero-order valence-corrected chi connectivity index (χ0v) is 13.8. The standard InChI is InChI=1S/C19H20FN3O2/c20-17-7-5-14(6-8-17)19(25)22-12-18(24)23-10-2-4-16(13-23)15-3-1-9-21-11-15/h1,3,5-9,11,16H,2,4,10,12-13H2,(H,22,25). The third-order valence-corrected chi connectivity index (χ3v) is 4.44. The molecule has 0 aliphatic carbocycles. The van der Waals surface area contributed by atoms with Gasteiger partial charge in [0.15, 0.2) is 0 Å². The maximum atomic E-state index is 12.9. The van der Waals surface area contributed by atoms with Crippen LogP contribution in [-0.4, -0.2) is 41.3 Å². The molecule has 0 radical (unpaired) electrons. The van der Waals surface area contributed by atoms with Crippen LogP contribution in [0.5, 0.6) is 0 Å². The van der Waals surface area contributed by atoms with Gasteiger partial charge < -0.3 is 10.2 Å². The first-order valence-electron chi connectivity index (χ1n) is 8.35. The zero-order valence-electron chi connectivity index (χ0n) is 13.8. The molecule has 1 aliphatic heterocycles. The third-order valence-electron chi connectivity index (χ3n) is 4.44. The van der Waals surface area contributed by atoms with Crippen molar-refractivity contribution in [2.75, 3.05) is 19.6 Å². The first-order chi connectivity index (χ1) is 12.1. The minimum Gasteiger partial charge on any atom is -0.343 e. The van der Waals surface area contributed by atoms with Crippen LogP contribution in [0, 0.1) is 5.82 Å². The number of halogens is 1. The number of piperidine rings is 1. The van der Waals surface area contributed by atoms with Crippen LogP contribution < -0.4 is 5.32 Å². The molecule has 0 bridgehead atoms. The number of nitrogens with zero attached hydrogens (tertiary/aromatic N) is 2. The van der Waals surface area contributed by atoms with Crippen molar-refractivity contribution >= 4 is 11.8 Å². The second kappa shape index (κ2) is 7.88. The van der Waals surface area contributed by atoms with Gasteiger partial charge in [-0.1, -0.05) is 6.07 Å². The number of aromatic nitrogens is 1. The lowest BCUT2D eigenvalue weighted by atomic mass is 9.92. The van der Waals surface area contributed by atoms with Crippen molar-refractivity contribution in [3.8, 4) is 0 Å². The summed E-state index contributed by atoms with van der Waals surface area (Å²) < 4.78 is 12.9. The van der Waals surface area contributed by atoms with E-state index in [-0.39, 0.29) is 24.3 Å². The van der Waals surface area contributed by atoms with Crippen molar-refractivity contribution in [3.63, 3.8) is 0 Å². The van der Waals surface area contributed by atoms with E-state index in [4.69, 9.17) is 0 Å². The third kappa shape index (κ3) is 4.41. The number of rotatable bonds is 4. The number of nitrogens with one attached hydrogen (secondary N) is 1. The molecule has 1 aromatic carbocycles. The number of benzene rings is 1. The van der Waals surface area contributed by atoms with Gasteiger partial charge in [0, 0.05) is 37.0 Å². The number of amides is 2. The Labute approximate surface area is 145 Å². The van der Waals surface area contributed by atoms with Gasteiger partial charge in [-0.05, 0) is 48.7 Å². The molecule has 1 N–H and O–H groups in total. The maximum absolute atomic E-state index is 12.9. The molecule has 2 aromatic rings. The summed E-state index contributed by atoms with van der Waals surface area (Å²) in [6.07, 6.45) is 5.53. The molecule has 130 valence electrons. The van der Waals surface area contributed by atoms with E-state index in [1.807, 2.05) is 18.3 Å². The summed E-state index contributed by atoms with van der Waals surface area (Å²) in [6.45, 7) is 1.27. The monoisotopic (exact) mass is 341 g/mol. The second-order valence-corrected chi connectivity index (χ2v) is 6.15. The van der Waals surface area contributed by atoms with Crippen LogP contribution in [-0.2, 0) is 4.79 Å². The molecule has 1 aliphatic rings. The van der Waals surface area contributed by atoms with E-state index >= 15 is 0 Å². The minimum absolute atomic E-state index is 0.0596. The summed E-state index contributed by atoms with van der Waals surface area (Å²) in [5, 5.41) is 2.61. The Morgan fingerprint density at radius 3 is 2.76 bits per heavy atom. The predicted octanol–water partition coefficient (Wildman–Crippen LogP) is 2.36. The van der Waals surface area contributed by atoms with Crippen molar-refractivity contribution in [3.05, 3.63) is 65.7 Å². The second-order valence-electron chi connectivity index (χ2n) is 6.15. The van der Waals surface area contributed by atoms with Gasteiger partial charge >= 0.3 is 0 Å². The molecule has 0 spiro atoms. The molecule has 1 saturated heterocycles. The Morgan fingerprint density at radius 2 is 2.04 bits per heavy atom. The van der Waals surface area contributed by atoms with Crippen molar-refractivity contribution in [1.82, 2.24) is 15.2 Å². The average Bonchev–Trinajstić information content (AvgIpc) is 2.67. The highest BCUT2D eigenvalue weighted by atomic mass is 19.1. The van der Waals surface area contributed by atoms with Crippen molar-refractivity contribution in [2.45, 2.75) is 18.8 Å². The number of hydrogen-bond acceptors (Lipinski definition) is 3. The van der Waals surface area contributed by atoms with E-state index < -0.39 is 5.82 Å². The van der Waals surface area contributed by atoms with Crippen LogP contribution >= 0.6 is 0 Å². The molecule has 6 heteroatoms. The molecular formula is C19H20FN3O2. The molecule has 1 fully saturated rings. The predicted molar refractivity (Wildman–Crippen MR) is 91.5 cm³/mol. The van der Waals surface area contributed by atoms with Crippen LogP contribution in [0.3, 0.4) is 0 Å². The summed E-state index contributed by atoms with van der Waals surface area (Å²) in [5.74, 6) is -0.611. The van der Waals surface area contributed by atoms with Crippen LogP contribution in [0.2, 0.25) is 0 Å². The van der Waals surface area contributed by atoms with E-state index in [1.54, 1.807) is 11.1 Å². The first-order valence-corrected chi connectivity index (χ1v) is 8.35. The van der Waals surface area contributed by atoms with Gasteiger partial charge in [-0.2, -0.15) is 0 Å². The maximum Gasteiger partial charge on any atom is 0.251 e. The van der Waals surface area contributed by atoms with Crippen LogP contribution in [0.25, 0.3) is 0 Å². The number of hydrogen-bond donors (Lipinski definition) is 1. The number of carbonyl (C=O) groups is 2. The number of pyridine rings is 1. The van der Waals surface area contributed by atoms with Gasteiger partial charge in [0.05, 0.1) is 6.54 Å². The molecule has 2 amide bonds. The Balaban J connectivity index is 1.54.